The molecule has 0 aromatic heterocycles. The predicted molar refractivity (Wildman–Crippen MR) is 48.1 cm³/mol. The molecule has 0 heterocycles. The third-order valence-electron chi connectivity index (χ3n) is 1.03. The summed E-state index contributed by atoms with van der Waals surface area (Å²) in [6.07, 6.45) is 2.99. The van der Waals surface area contributed by atoms with Crippen LogP contribution >= 0.6 is 0 Å². The molecule has 0 unspecified atom stereocenters. The Hall–Kier alpha value is -1.22. The maximum atomic E-state index is 8.99. The summed E-state index contributed by atoms with van der Waals surface area (Å²) in [6, 6.07) is 0. The first kappa shape index (κ1) is 10.8. The smallest absolute Gasteiger partial charge is 0.117 e. The molecule has 0 fully saturated rings. The molecule has 0 aliphatic carbocycles. The molecule has 0 saturated heterocycles. The lowest BCUT2D eigenvalue weighted by Crippen LogP contribution is -2.04. The van der Waals surface area contributed by atoms with E-state index in [0.29, 0.717) is 0 Å². The van der Waals surface area contributed by atoms with E-state index >= 15 is 0 Å². The first-order valence-electron chi connectivity index (χ1n) is 3.72. The zero-order chi connectivity index (χ0) is 9.23. The Morgan fingerprint density at radius 3 is 2.75 bits per heavy atom. The topological polar surface area (TPSA) is 40.5 Å². The molecule has 1 atom stereocenters. The summed E-state index contributed by atoms with van der Waals surface area (Å²) in [4.78, 5) is 0. The molecule has 0 saturated carbocycles. The Morgan fingerprint density at radius 1 is 1.42 bits per heavy atom. The number of rotatable bonds is 2. The van der Waals surface area contributed by atoms with E-state index in [1.165, 1.54) is 0 Å². The van der Waals surface area contributed by atoms with Gasteiger partial charge in [0.15, 0.2) is 0 Å². The molecule has 0 amide bonds. The number of hydrogen-bond acceptors (Lipinski definition) is 2. The van der Waals surface area contributed by atoms with Gasteiger partial charge >= 0.3 is 0 Å². The fraction of sp³-hybridized carbons (Fsp3) is 0.400. The highest BCUT2D eigenvalue weighted by Crippen LogP contribution is 1.85. The molecule has 0 spiro atoms. The minimum absolute atomic E-state index is 0.0574. The van der Waals surface area contributed by atoms with Crippen LogP contribution in [0.1, 0.15) is 13.3 Å². The molecule has 0 radical (unpaired) electrons. The van der Waals surface area contributed by atoms with E-state index in [9.17, 15) is 0 Å². The van der Waals surface area contributed by atoms with Crippen molar-refractivity contribution in [3.8, 4) is 23.7 Å². The highest BCUT2D eigenvalue weighted by atomic mass is 16.3. The summed E-state index contributed by atoms with van der Waals surface area (Å²) in [5.74, 6) is 10.2. The van der Waals surface area contributed by atoms with Crippen LogP contribution in [0.4, 0.5) is 0 Å². The molecule has 2 N–H and O–H groups in total. The van der Waals surface area contributed by atoms with Crippen LogP contribution in [0, 0.1) is 23.7 Å². The second kappa shape index (κ2) is 7.88. The molecule has 0 aromatic rings. The Labute approximate surface area is 72.9 Å². The van der Waals surface area contributed by atoms with Crippen molar-refractivity contribution in [3.05, 3.63) is 12.2 Å². The highest BCUT2D eigenvalue weighted by Gasteiger charge is 1.94. The second-order valence-corrected chi connectivity index (χ2v) is 2.07. The Bertz CT molecular complexity index is 244. The van der Waals surface area contributed by atoms with E-state index in [0.717, 1.165) is 0 Å². The normalized spacial score (nSPS) is 11.2. The lowest BCUT2D eigenvalue weighted by atomic mass is 10.3. The Balaban J connectivity index is 3.81. The van der Waals surface area contributed by atoms with Gasteiger partial charge in [0.2, 0.25) is 0 Å². The van der Waals surface area contributed by atoms with Crippen LogP contribution in [0.5, 0.6) is 0 Å². The summed E-state index contributed by atoms with van der Waals surface area (Å²) in [5, 5.41) is 17.4. The molecule has 0 bridgehead atoms. The van der Waals surface area contributed by atoms with E-state index in [1.807, 2.05) is 6.92 Å². The monoisotopic (exact) mass is 164 g/mol. The summed E-state index contributed by atoms with van der Waals surface area (Å²) in [5.41, 5.74) is 0. The molecule has 0 aromatic carbocycles. The first-order chi connectivity index (χ1) is 5.81. The van der Waals surface area contributed by atoms with Crippen LogP contribution in [0.2, 0.25) is 0 Å². The lowest BCUT2D eigenvalue weighted by molar-refractivity contribution is 0.177. The maximum Gasteiger partial charge on any atom is 0.117 e. The highest BCUT2D eigenvalue weighted by molar-refractivity contribution is 5.31. The van der Waals surface area contributed by atoms with E-state index < -0.39 is 6.10 Å². The van der Waals surface area contributed by atoms with Gasteiger partial charge in [-0.2, -0.15) is 0 Å². The Morgan fingerprint density at radius 2 is 2.17 bits per heavy atom. The maximum absolute atomic E-state index is 8.99. The van der Waals surface area contributed by atoms with Gasteiger partial charge in [0.25, 0.3) is 0 Å². The molecular formula is C10H12O2. The standard InChI is InChI=1S/C10H12O2/c1-2-3-4-5-6-7-10(12)8-9-11/h2-3,10-12H,8-9H2,1H3/b3-2+/t10-/m1/s1. The quantitative estimate of drug-likeness (QED) is 0.577. The number of aliphatic hydroxyl groups is 2. The molecule has 64 valence electrons. The van der Waals surface area contributed by atoms with Crippen molar-refractivity contribution >= 4 is 0 Å². The third-order valence-corrected chi connectivity index (χ3v) is 1.03. The van der Waals surface area contributed by atoms with Crippen molar-refractivity contribution in [3.63, 3.8) is 0 Å². The zero-order valence-electron chi connectivity index (χ0n) is 7.04. The van der Waals surface area contributed by atoms with E-state index in [-0.39, 0.29) is 13.0 Å². The van der Waals surface area contributed by atoms with Crippen molar-refractivity contribution in [1.82, 2.24) is 0 Å². The van der Waals surface area contributed by atoms with Crippen molar-refractivity contribution < 1.29 is 10.2 Å². The van der Waals surface area contributed by atoms with Crippen LogP contribution in [0.25, 0.3) is 0 Å². The molecule has 0 aliphatic rings. The summed E-state index contributed by atoms with van der Waals surface area (Å²) < 4.78 is 0. The van der Waals surface area contributed by atoms with Gasteiger partial charge in [-0.3, -0.25) is 0 Å². The van der Waals surface area contributed by atoms with E-state index in [2.05, 4.69) is 23.7 Å². The van der Waals surface area contributed by atoms with Crippen molar-refractivity contribution in [2.75, 3.05) is 6.61 Å². The van der Waals surface area contributed by atoms with Gasteiger partial charge in [-0.15, -0.1) is 0 Å². The predicted octanol–water partition coefficient (Wildman–Crippen LogP) is 0.313. The van der Waals surface area contributed by atoms with E-state index in [4.69, 9.17) is 10.2 Å². The van der Waals surface area contributed by atoms with Gasteiger partial charge in [0, 0.05) is 13.0 Å². The SMILES string of the molecule is C/C=C/C#CC#C[C@@H](O)CCO. The molecular weight excluding hydrogens is 152 g/mol. The third kappa shape index (κ3) is 6.89. The summed E-state index contributed by atoms with van der Waals surface area (Å²) in [7, 11) is 0. The largest absolute Gasteiger partial charge is 0.396 e. The lowest BCUT2D eigenvalue weighted by Gasteiger charge is -1.95. The molecule has 0 aliphatic heterocycles. The van der Waals surface area contributed by atoms with Crippen LogP contribution in [0.3, 0.4) is 0 Å². The van der Waals surface area contributed by atoms with Gasteiger partial charge in [0.05, 0.1) is 0 Å². The van der Waals surface area contributed by atoms with Crippen molar-refractivity contribution in [1.29, 1.82) is 0 Å². The fourth-order valence-corrected chi connectivity index (χ4v) is 0.475. The fourth-order valence-electron chi connectivity index (χ4n) is 0.475. The Kier molecular flexibility index (Phi) is 7.08. The summed E-state index contributed by atoms with van der Waals surface area (Å²) in [6.45, 7) is 1.81. The van der Waals surface area contributed by atoms with E-state index in [1.54, 1.807) is 12.2 Å². The number of allylic oxidation sites excluding steroid dienone is 2. The van der Waals surface area contributed by atoms with Crippen LogP contribution in [0.15, 0.2) is 12.2 Å². The minimum Gasteiger partial charge on any atom is -0.396 e. The van der Waals surface area contributed by atoms with Gasteiger partial charge < -0.3 is 10.2 Å². The van der Waals surface area contributed by atoms with Crippen molar-refractivity contribution in [2.45, 2.75) is 19.4 Å². The van der Waals surface area contributed by atoms with Gasteiger partial charge in [-0.05, 0) is 24.8 Å². The molecule has 12 heavy (non-hydrogen) atoms. The average molecular weight is 164 g/mol. The zero-order valence-corrected chi connectivity index (χ0v) is 7.04. The number of aliphatic hydroxyl groups excluding tert-OH is 2. The summed E-state index contributed by atoms with van der Waals surface area (Å²) >= 11 is 0. The van der Waals surface area contributed by atoms with Gasteiger partial charge in [-0.1, -0.05) is 17.9 Å². The van der Waals surface area contributed by atoms with Crippen LogP contribution in [-0.4, -0.2) is 22.9 Å². The molecule has 2 heteroatoms. The van der Waals surface area contributed by atoms with Crippen LogP contribution in [-0.2, 0) is 0 Å². The van der Waals surface area contributed by atoms with Crippen LogP contribution < -0.4 is 0 Å². The van der Waals surface area contributed by atoms with Gasteiger partial charge in [-0.25, -0.2) is 0 Å². The van der Waals surface area contributed by atoms with Crippen molar-refractivity contribution in [2.24, 2.45) is 0 Å². The molecule has 2 nitrogen and oxygen atoms in total. The second-order valence-electron chi connectivity index (χ2n) is 2.07. The first-order valence-corrected chi connectivity index (χ1v) is 3.72. The van der Waals surface area contributed by atoms with Gasteiger partial charge in [0.1, 0.15) is 6.10 Å². The number of hydrogen-bond donors (Lipinski definition) is 2. The minimum atomic E-state index is -0.769. The molecule has 0 rings (SSSR count). The average Bonchev–Trinajstić information content (AvgIpc) is 2.05.